The van der Waals surface area contributed by atoms with Gasteiger partial charge in [-0.3, -0.25) is 14.5 Å². The molecule has 2 aliphatic heterocycles. The molecule has 0 spiro atoms. The lowest BCUT2D eigenvalue weighted by Gasteiger charge is -2.26. The summed E-state index contributed by atoms with van der Waals surface area (Å²) in [6.45, 7) is 4.43. The van der Waals surface area contributed by atoms with Gasteiger partial charge in [0.1, 0.15) is 0 Å². The molecule has 4 rings (SSSR count). The van der Waals surface area contributed by atoms with Crippen molar-refractivity contribution in [1.82, 2.24) is 9.80 Å². The molecular formula is C24H29N3O2. The van der Waals surface area contributed by atoms with Gasteiger partial charge in [0.05, 0.1) is 0 Å². The maximum atomic E-state index is 12.8. The van der Waals surface area contributed by atoms with Crippen LogP contribution < -0.4 is 5.32 Å². The van der Waals surface area contributed by atoms with E-state index in [2.05, 4.69) is 40.5 Å². The summed E-state index contributed by atoms with van der Waals surface area (Å²) in [4.78, 5) is 29.6. The summed E-state index contributed by atoms with van der Waals surface area (Å²) in [5.74, 6) is 0.107. The Bertz CT molecular complexity index is 852. The Morgan fingerprint density at radius 2 is 1.76 bits per heavy atom. The summed E-state index contributed by atoms with van der Waals surface area (Å²) in [5, 5.41) is 2.98. The second-order valence-electron chi connectivity index (χ2n) is 8.08. The van der Waals surface area contributed by atoms with Crippen molar-refractivity contribution >= 4 is 17.5 Å². The lowest BCUT2D eigenvalue weighted by Crippen LogP contribution is -2.36. The Balaban J connectivity index is 1.26. The smallest absolute Gasteiger partial charge is 0.227 e. The highest BCUT2D eigenvalue weighted by molar-refractivity contribution is 5.96. The molecule has 5 nitrogen and oxygen atoms in total. The van der Waals surface area contributed by atoms with Gasteiger partial charge in [-0.25, -0.2) is 0 Å². The van der Waals surface area contributed by atoms with Crippen molar-refractivity contribution in [3.63, 3.8) is 0 Å². The number of carbonyl (C=O) groups is 2. The van der Waals surface area contributed by atoms with Crippen molar-refractivity contribution in [1.29, 1.82) is 0 Å². The average molecular weight is 392 g/mol. The molecule has 29 heavy (non-hydrogen) atoms. The standard InChI is InChI=1S/C24H29N3O2/c28-23(12-11-21-17-20-9-4-5-10-22(20)25-24(21)29)27-14-6-13-26(15-16-27)18-19-7-2-1-3-8-19/h1-5,7-10,21H,6,11-18H2,(H,25,29). The summed E-state index contributed by atoms with van der Waals surface area (Å²) in [6, 6.07) is 18.4. The number of hydrogen-bond donors (Lipinski definition) is 1. The quantitative estimate of drug-likeness (QED) is 0.851. The van der Waals surface area contributed by atoms with Crippen molar-refractivity contribution in [2.75, 3.05) is 31.5 Å². The van der Waals surface area contributed by atoms with Crippen LogP contribution in [-0.4, -0.2) is 47.8 Å². The molecule has 1 atom stereocenters. The minimum atomic E-state index is -0.115. The van der Waals surface area contributed by atoms with Crippen LogP contribution in [-0.2, 0) is 22.6 Å². The molecule has 0 bridgehead atoms. The number of rotatable bonds is 5. The third-order valence-corrected chi connectivity index (χ3v) is 6.01. The van der Waals surface area contributed by atoms with Crippen LogP contribution >= 0.6 is 0 Å². The van der Waals surface area contributed by atoms with E-state index in [1.807, 2.05) is 29.2 Å². The first-order valence-corrected chi connectivity index (χ1v) is 10.6. The van der Waals surface area contributed by atoms with Crippen molar-refractivity contribution in [3.8, 4) is 0 Å². The van der Waals surface area contributed by atoms with Gasteiger partial charge in [-0.15, -0.1) is 0 Å². The minimum Gasteiger partial charge on any atom is -0.341 e. The zero-order chi connectivity index (χ0) is 20.1. The van der Waals surface area contributed by atoms with Gasteiger partial charge in [0.25, 0.3) is 0 Å². The number of benzene rings is 2. The zero-order valence-electron chi connectivity index (χ0n) is 16.8. The van der Waals surface area contributed by atoms with Gasteiger partial charge in [0.2, 0.25) is 11.8 Å². The number of nitrogens with one attached hydrogen (secondary N) is 1. The number of para-hydroxylation sites is 1. The highest BCUT2D eigenvalue weighted by Gasteiger charge is 2.27. The molecular weight excluding hydrogens is 362 g/mol. The van der Waals surface area contributed by atoms with E-state index in [9.17, 15) is 9.59 Å². The van der Waals surface area contributed by atoms with Crippen molar-refractivity contribution in [2.45, 2.75) is 32.2 Å². The topological polar surface area (TPSA) is 52.7 Å². The number of fused-ring (bicyclic) bond motifs is 1. The van der Waals surface area contributed by atoms with Crippen molar-refractivity contribution < 1.29 is 9.59 Å². The highest BCUT2D eigenvalue weighted by atomic mass is 16.2. The maximum Gasteiger partial charge on any atom is 0.227 e. The number of nitrogens with zero attached hydrogens (tertiary/aromatic N) is 2. The summed E-state index contributed by atoms with van der Waals surface area (Å²) in [5.41, 5.74) is 3.39. The molecule has 0 saturated carbocycles. The van der Waals surface area contributed by atoms with Gasteiger partial charge in [-0.2, -0.15) is 0 Å². The van der Waals surface area contributed by atoms with Gasteiger partial charge < -0.3 is 10.2 Å². The lowest BCUT2D eigenvalue weighted by molar-refractivity contribution is -0.131. The predicted molar refractivity (Wildman–Crippen MR) is 114 cm³/mol. The van der Waals surface area contributed by atoms with Gasteiger partial charge in [0, 0.05) is 50.7 Å². The molecule has 0 radical (unpaired) electrons. The molecule has 2 amide bonds. The lowest BCUT2D eigenvalue weighted by atomic mass is 9.89. The van der Waals surface area contributed by atoms with Crippen LogP contribution in [0.15, 0.2) is 54.6 Å². The van der Waals surface area contributed by atoms with Crippen LogP contribution in [0.2, 0.25) is 0 Å². The first kappa shape index (κ1) is 19.6. The minimum absolute atomic E-state index is 0.0430. The largest absolute Gasteiger partial charge is 0.341 e. The van der Waals surface area contributed by atoms with Crippen molar-refractivity contribution in [3.05, 3.63) is 65.7 Å². The molecule has 2 aromatic rings. The fourth-order valence-corrected chi connectivity index (χ4v) is 4.32. The third-order valence-electron chi connectivity index (χ3n) is 6.01. The summed E-state index contributed by atoms with van der Waals surface area (Å²) >= 11 is 0. The van der Waals surface area contributed by atoms with E-state index in [-0.39, 0.29) is 17.7 Å². The number of carbonyl (C=O) groups excluding carboxylic acids is 2. The molecule has 1 saturated heterocycles. The Morgan fingerprint density at radius 1 is 0.966 bits per heavy atom. The average Bonchev–Trinajstić information content (AvgIpc) is 2.98. The Morgan fingerprint density at radius 3 is 2.62 bits per heavy atom. The highest BCUT2D eigenvalue weighted by Crippen LogP contribution is 2.27. The molecule has 1 N–H and O–H groups in total. The Kier molecular flexibility index (Phi) is 6.25. The van der Waals surface area contributed by atoms with Crippen LogP contribution in [0.4, 0.5) is 5.69 Å². The first-order valence-electron chi connectivity index (χ1n) is 10.6. The monoisotopic (exact) mass is 391 g/mol. The SMILES string of the molecule is O=C1Nc2ccccc2CC1CCC(=O)N1CCCN(Cc2ccccc2)CC1. The van der Waals surface area contributed by atoms with Crippen LogP contribution in [0, 0.1) is 5.92 Å². The van der Waals surface area contributed by atoms with E-state index < -0.39 is 0 Å². The molecule has 2 aliphatic rings. The molecule has 152 valence electrons. The molecule has 1 unspecified atom stereocenters. The van der Waals surface area contributed by atoms with Crippen LogP contribution in [0.25, 0.3) is 0 Å². The molecule has 5 heteroatoms. The molecule has 0 aromatic heterocycles. The first-order chi connectivity index (χ1) is 14.2. The van der Waals surface area contributed by atoms with E-state index in [0.29, 0.717) is 12.8 Å². The van der Waals surface area contributed by atoms with Crippen LogP contribution in [0.3, 0.4) is 0 Å². The van der Waals surface area contributed by atoms with E-state index in [1.165, 1.54) is 5.56 Å². The summed E-state index contributed by atoms with van der Waals surface area (Å²) in [7, 11) is 0. The van der Waals surface area contributed by atoms with Crippen LogP contribution in [0.5, 0.6) is 0 Å². The van der Waals surface area contributed by atoms with E-state index in [0.717, 1.165) is 56.8 Å². The fraction of sp³-hybridized carbons (Fsp3) is 0.417. The van der Waals surface area contributed by atoms with Gasteiger partial charge in [-0.05, 0) is 36.5 Å². The van der Waals surface area contributed by atoms with Crippen LogP contribution in [0.1, 0.15) is 30.4 Å². The molecule has 2 heterocycles. The molecule has 0 aliphatic carbocycles. The maximum absolute atomic E-state index is 12.8. The normalized spacial score (nSPS) is 19.9. The van der Waals surface area contributed by atoms with Crippen molar-refractivity contribution in [2.24, 2.45) is 5.92 Å². The number of anilines is 1. The zero-order valence-corrected chi connectivity index (χ0v) is 16.8. The second kappa shape index (κ2) is 9.23. The van der Waals surface area contributed by atoms with Gasteiger partial charge in [0.15, 0.2) is 0 Å². The third kappa shape index (κ3) is 5.04. The molecule has 1 fully saturated rings. The molecule has 2 aromatic carbocycles. The summed E-state index contributed by atoms with van der Waals surface area (Å²) < 4.78 is 0. The predicted octanol–water partition coefficient (Wildman–Crippen LogP) is 3.31. The fourth-order valence-electron chi connectivity index (χ4n) is 4.32. The summed E-state index contributed by atoms with van der Waals surface area (Å²) in [6.07, 6.45) is 2.78. The number of amides is 2. The number of hydrogen-bond acceptors (Lipinski definition) is 3. The van der Waals surface area contributed by atoms with E-state index >= 15 is 0 Å². The van der Waals surface area contributed by atoms with E-state index in [4.69, 9.17) is 0 Å². The second-order valence-corrected chi connectivity index (χ2v) is 8.08. The van der Waals surface area contributed by atoms with Gasteiger partial charge >= 0.3 is 0 Å². The van der Waals surface area contributed by atoms with E-state index in [1.54, 1.807) is 0 Å². The van der Waals surface area contributed by atoms with Gasteiger partial charge in [-0.1, -0.05) is 48.5 Å². The Labute approximate surface area is 172 Å². The Hall–Kier alpha value is -2.66.